The maximum atomic E-state index is 12.2. The highest BCUT2D eigenvalue weighted by molar-refractivity contribution is 6.41. The highest BCUT2D eigenvalue weighted by Crippen LogP contribution is 2.23. The first-order valence-corrected chi connectivity index (χ1v) is 6.37. The van der Waals surface area contributed by atoms with Gasteiger partial charge in [0, 0.05) is 13.1 Å². The van der Waals surface area contributed by atoms with E-state index in [1.54, 1.807) is 11.0 Å². The summed E-state index contributed by atoms with van der Waals surface area (Å²) in [5.74, 6) is -0.0642. The maximum absolute atomic E-state index is 12.2. The summed E-state index contributed by atoms with van der Waals surface area (Å²) in [6.45, 7) is 1.91. The van der Waals surface area contributed by atoms with Crippen LogP contribution < -0.4 is 5.32 Å². The molecule has 0 unspecified atom stereocenters. The number of carbonyl (C=O) groups excluding carboxylic acids is 1. The Hall–Kier alpha value is -0.710. The van der Waals surface area contributed by atoms with Crippen molar-refractivity contribution in [3.8, 4) is 0 Å². The smallest absolute Gasteiger partial charge is 0.270 e. The van der Waals surface area contributed by atoms with Crippen molar-refractivity contribution in [1.82, 2.24) is 15.2 Å². The number of nitrogens with zero attached hydrogens (tertiary/aromatic N) is 1. The van der Waals surface area contributed by atoms with Gasteiger partial charge < -0.3 is 15.2 Å². The van der Waals surface area contributed by atoms with Crippen molar-refractivity contribution in [2.75, 3.05) is 20.1 Å². The summed E-state index contributed by atoms with van der Waals surface area (Å²) in [4.78, 5) is 16.7. The highest BCUT2D eigenvalue weighted by atomic mass is 35.5. The van der Waals surface area contributed by atoms with Gasteiger partial charge in [0.25, 0.3) is 5.91 Å². The van der Waals surface area contributed by atoms with Gasteiger partial charge in [-0.1, -0.05) is 23.2 Å². The van der Waals surface area contributed by atoms with E-state index in [4.69, 9.17) is 23.2 Å². The third kappa shape index (κ3) is 2.76. The molecule has 1 aliphatic rings. The van der Waals surface area contributed by atoms with Crippen molar-refractivity contribution in [2.45, 2.75) is 18.9 Å². The van der Waals surface area contributed by atoms with Crippen molar-refractivity contribution in [1.29, 1.82) is 0 Å². The highest BCUT2D eigenvalue weighted by Gasteiger charge is 2.24. The average molecular weight is 276 g/mol. The van der Waals surface area contributed by atoms with Gasteiger partial charge in [0.05, 0.1) is 5.02 Å². The molecule has 17 heavy (non-hydrogen) atoms. The molecule has 1 saturated heterocycles. The van der Waals surface area contributed by atoms with E-state index < -0.39 is 0 Å². The van der Waals surface area contributed by atoms with Gasteiger partial charge in [0.2, 0.25) is 0 Å². The first kappa shape index (κ1) is 12.7. The standard InChI is InChI=1S/C11H15Cl2N3O/c1-16(7-2-4-14-5-3-7)11(17)9-6-8(12)10(13)15-9/h6-7,14-15H,2-5H2,1H3. The van der Waals surface area contributed by atoms with Crippen LogP contribution in [-0.2, 0) is 0 Å². The summed E-state index contributed by atoms with van der Waals surface area (Å²) in [5, 5.41) is 3.97. The zero-order chi connectivity index (χ0) is 12.4. The van der Waals surface area contributed by atoms with E-state index in [0.29, 0.717) is 15.9 Å². The third-order valence-corrected chi connectivity index (χ3v) is 3.83. The predicted octanol–water partition coefficient (Wildman–Crippen LogP) is 2.15. The first-order chi connectivity index (χ1) is 8.09. The Labute approximate surface area is 110 Å². The van der Waals surface area contributed by atoms with Crippen LogP contribution in [0.2, 0.25) is 10.2 Å². The topological polar surface area (TPSA) is 48.1 Å². The predicted molar refractivity (Wildman–Crippen MR) is 68.8 cm³/mol. The fraction of sp³-hybridized carbons (Fsp3) is 0.545. The Bertz CT molecular complexity index is 393. The number of H-pyrrole nitrogens is 1. The molecule has 2 heterocycles. The van der Waals surface area contributed by atoms with Crippen LogP contribution in [0.4, 0.5) is 0 Å². The van der Waals surface area contributed by atoms with E-state index in [1.165, 1.54) is 0 Å². The molecule has 1 aromatic rings. The molecule has 0 bridgehead atoms. The number of nitrogens with one attached hydrogen (secondary N) is 2. The molecule has 0 spiro atoms. The number of amides is 1. The normalized spacial score (nSPS) is 17.1. The Morgan fingerprint density at radius 3 is 2.59 bits per heavy atom. The molecule has 1 aliphatic heterocycles. The minimum atomic E-state index is -0.0642. The molecule has 94 valence electrons. The van der Waals surface area contributed by atoms with Crippen LogP contribution in [0.3, 0.4) is 0 Å². The molecule has 0 atom stereocenters. The quantitative estimate of drug-likeness (QED) is 0.869. The SMILES string of the molecule is CN(C(=O)c1cc(Cl)c(Cl)[nH]1)C1CCNCC1. The molecule has 0 radical (unpaired) electrons. The summed E-state index contributed by atoms with van der Waals surface area (Å²) in [6, 6.07) is 1.86. The molecule has 0 saturated carbocycles. The number of halogens is 2. The van der Waals surface area contributed by atoms with Gasteiger partial charge in [0.1, 0.15) is 10.8 Å². The number of rotatable bonds is 2. The van der Waals surface area contributed by atoms with Crippen molar-refractivity contribution >= 4 is 29.1 Å². The molecule has 1 fully saturated rings. The molecule has 6 heteroatoms. The second kappa shape index (κ2) is 5.29. The first-order valence-electron chi connectivity index (χ1n) is 5.61. The van der Waals surface area contributed by atoms with Crippen LogP contribution in [0.25, 0.3) is 0 Å². The number of hydrogen-bond acceptors (Lipinski definition) is 2. The van der Waals surface area contributed by atoms with Gasteiger partial charge in [-0.3, -0.25) is 4.79 Å². The van der Waals surface area contributed by atoms with Gasteiger partial charge in [0.15, 0.2) is 0 Å². The van der Waals surface area contributed by atoms with Gasteiger partial charge in [-0.05, 0) is 32.0 Å². The van der Waals surface area contributed by atoms with E-state index in [1.807, 2.05) is 7.05 Å². The van der Waals surface area contributed by atoms with Crippen LogP contribution >= 0.6 is 23.2 Å². The number of carbonyl (C=O) groups is 1. The lowest BCUT2D eigenvalue weighted by atomic mass is 10.1. The van der Waals surface area contributed by atoms with E-state index in [2.05, 4.69) is 10.3 Å². The van der Waals surface area contributed by atoms with Crippen LogP contribution in [0.1, 0.15) is 23.3 Å². The van der Waals surface area contributed by atoms with Gasteiger partial charge in [-0.15, -0.1) is 0 Å². The molecule has 1 aromatic heterocycles. The molecule has 0 aliphatic carbocycles. The summed E-state index contributed by atoms with van der Waals surface area (Å²) in [7, 11) is 1.82. The number of aromatic amines is 1. The summed E-state index contributed by atoms with van der Waals surface area (Å²) < 4.78 is 0. The lowest BCUT2D eigenvalue weighted by molar-refractivity contribution is 0.0698. The van der Waals surface area contributed by atoms with E-state index in [-0.39, 0.29) is 11.9 Å². The Kier molecular flexibility index (Phi) is 3.97. The number of piperidine rings is 1. The minimum Gasteiger partial charge on any atom is -0.340 e. The van der Waals surface area contributed by atoms with E-state index in [0.717, 1.165) is 25.9 Å². The van der Waals surface area contributed by atoms with Crippen molar-refractivity contribution < 1.29 is 4.79 Å². The van der Waals surface area contributed by atoms with Crippen LogP contribution in [0, 0.1) is 0 Å². The third-order valence-electron chi connectivity index (χ3n) is 3.13. The molecule has 1 amide bonds. The molecular weight excluding hydrogens is 261 g/mol. The second-order valence-electron chi connectivity index (χ2n) is 4.24. The van der Waals surface area contributed by atoms with Crippen LogP contribution in [0.15, 0.2) is 6.07 Å². The molecule has 2 N–H and O–H groups in total. The monoisotopic (exact) mass is 275 g/mol. The zero-order valence-corrected chi connectivity index (χ0v) is 11.1. The number of hydrogen-bond donors (Lipinski definition) is 2. The minimum absolute atomic E-state index is 0.0642. The fourth-order valence-electron chi connectivity index (χ4n) is 2.07. The molecule has 4 nitrogen and oxygen atoms in total. The van der Waals surface area contributed by atoms with Crippen molar-refractivity contribution in [3.05, 3.63) is 21.9 Å². The Morgan fingerprint density at radius 2 is 2.06 bits per heavy atom. The van der Waals surface area contributed by atoms with Crippen molar-refractivity contribution in [2.24, 2.45) is 0 Å². The van der Waals surface area contributed by atoms with E-state index >= 15 is 0 Å². The lowest BCUT2D eigenvalue weighted by Crippen LogP contribution is -2.44. The van der Waals surface area contributed by atoms with E-state index in [9.17, 15) is 4.79 Å². The van der Waals surface area contributed by atoms with Gasteiger partial charge >= 0.3 is 0 Å². The summed E-state index contributed by atoms with van der Waals surface area (Å²) in [5.41, 5.74) is 0.445. The Balaban J connectivity index is 2.08. The van der Waals surface area contributed by atoms with Gasteiger partial charge in [-0.25, -0.2) is 0 Å². The molecule has 2 rings (SSSR count). The largest absolute Gasteiger partial charge is 0.340 e. The number of aromatic nitrogens is 1. The fourth-order valence-corrected chi connectivity index (χ4v) is 2.38. The summed E-state index contributed by atoms with van der Waals surface area (Å²) >= 11 is 11.6. The second-order valence-corrected chi connectivity index (χ2v) is 5.03. The van der Waals surface area contributed by atoms with Gasteiger partial charge in [-0.2, -0.15) is 0 Å². The van der Waals surface area contributed by atoms with Crippen LogP contribution in [-0.4, -0.2) is 42.0 Å². The van der Waals surface area contributed by atoms with Crippen LogP contribution in [0.5, 0.6) is 0 Å². The maximum Gasteiger partial charge on any atom is 0.270 e. The Morgan fingerprint density at radius 1 is 1.41 bits per heavy atom. The molecule has 0 aromatic carbocycles. The molecular formula is C11H15Cl2N3O. The van der Waals surface area contributed by atoms with Crippen molar-refractivity contribution in [3.63, 3.8) is 0 Å². The summed E-state index contributed by atoms with van der Waals surface area (Å²) in [6.07, 6.45) is 1.95. The zero-order valence-electron chi connectivity index (χ0n) is 9.59. The lowest BCUT2D eigenvalue weighted by Gasteiger charge is -2.31. The average Bonchev–Trinajstić information content (AvgIpc) is 2.69.